The summed E-state index contributed by atoms with van der Waals surface area (Å²) in [4.78, 5) is 5.36. The van der Waals surface area contributed by atoms with E-state index in [1.807, 2.05) is 0 Å². The van der Waals surface area contributed by atoms with Gasteiger partial charge < -0.3 is 9.64 Å². The third-order valence-corrected chi connectivity index (χ3v) is 8.84. The first-order valence-corrected chi connectivity index (χ1v) is 13.0. The van der Waals surface area contributed by atoms with Crippen molar-refractivity contribution in [3.05, 3.63) is 65.2 Å². The Labute approximate surface area is 193 Å². The Kier molecular flexibility index (Phi) is 5.73. The van der Waals surface area contributed by atoms with Gasteiger partial charge in [-0.3, -0.25) is 4.90 Å². The molecular formula is C29H38N2O. The van der Waals surface area contributed by atoms with Crippen LogP contribution in [0.1, 0.15) is 61.6 Å². The number of fused-ring (bicyclic) bond motifs is 1. The SMILES string of the molecule is c1ccc(CN2CCC3(CC2)Cc2ccc(OC4CCN(C5CCC5)CC4)cc2C3)cc1. The number of benzene rings is 2. The molecule has 0 bridgehead atoms. The maximum absolute atomic E-state index is 6.48. The molecule has 3 nitrogen and oxygen atoms in total. The van der Waals surface area contributed by atoms with E-state index >= 15 is 0 Å². The molecule has 0 aromatic heterocycles. The molecule has 0 N–H and O–H groups in total. The summed E-state index contributed by atoms with van der Waals surface area (Å²) in [6.07, 6.45) is 12.2. The van der Waals surface area contributed by atoms with E-state index in [1.54, 1.807) is 11.1 Å². The fraction of sp³-hybridized carbons (Fsp3) is 0.586. The van der Waals surface area contributed by atoms with Gasteiger partial charge in [0.25, 0.3) is 0 Å². The number of hydrogen-bond donors (Lipinski definition) is 0. The maximum atomic E-state index is 6.48. The zero-order chi connectivity index (χ0) is 21.4. The van der Waals surface area contributed by atoms with Crippen LogP contribution in [0.5, 0.6) is 5.75 Å². The van der Waals surface area contributed by atoms with Crippen molar-refractivity contribution >= 4 is 0 Å². The molecule has 0 radical (unpaired) electrons. The fourth-order valence-corrected chi connectivity index (χ4v) is 6.57. The minimum absolute atomic E-state index is 0.404. The predicted molar refractivity (Wildman–Crippen MR) is 130 cm³/mol. The van der Waals surface area contributed by atoms with Crippen molar-refractivity contribution in [2.24, 2.45) is 5.41 Å². The number of nitrogens with zero attached hydrogens (tertiary/aromatic N) is 2. The summed E-state index contributed by atoms with van der Waals surface area (Å²) in [7, 11) is 0. The van der Waals surface area contributed by atoms with Gasteiger partial charge in [0.2, 0.25) is 0 Å². The highest BCUT2D eigenvalue weighted by Crippen LogP contribution is 2.45. The summed E-state index contributed by atoms with van der Waals surface area (Å²) < 4.78 is 6.48. The molecule has 0 atom stereocenters. The van der Waals surface area contributed by atoms with Crippen molar-refractivity contribution in [1.82, 2.24) is 9.80 Å². The molecule has 32 heavy (non-hydrogen) atoms. The van der Waals surface area contributed by atoms with Gasteiger partial charge in [-0.1, -0.05) is 42.8 Å². The Morgan fingerprint density at radius 3 is 2.28 bits per heavy atom. The summed E-state index contributed by atoms with van der Waals surface area (Å²) in [5.41, 5.74) is 5.07. The van der Waals surface area contributed by atoms with Crippen molar-refractivity contribution in [3.8, 4) is 5.75 Å². The van der Waals surface area contributed by atoms with Gasteiger partial charge in [0.15, 0.2) is 0 Å². The minimum atomic E-state index is 0.404. The molecule has 2 aromatic carbocycles. The van der Waals surface area contributed by atoms with E-state index in [2.05, 4.69) is 58.3 Å². The second-order valence-electron chi connectivity index (χ2n) is 11.0. The molecule has 2 saturated heterocycles. The van der Waals surface area contributed by atoms with E-state index in [4.69, 9.17) is 4.74 Å². The van der Waals surface area contributed by atoms with Crippen LogP contribution >= 0.6 is 0 Å². The molecule has 0 unspecified atom stereocenters. The first kappa shape index (κ1) is 20.7. The van der Waals surface area contributed by atoms with E-state index in [0.29, 0.717) is 11.5 Å². The van der Waals surface area contributed by atoms with Crippen molar-refractivity contribution < 1.29 is 4.74 Å². The van der Waals surface area contributed by atoms with E-state index in [0.717, 1.165) is 18.3 Å². The molecule has 3 fully saturated rings. The van der Waals surface area contributed by atoms with Gasteiger partial charge in [-0.05, 0) is 98.7 Å². The molecule has 2 aliphatic carbocycles. The molecule has 0 amide bonds. The largest absolute Gasteiger partial charge is 0.490 e. The molecule has 170 valence electrons. The van der Waals surface area contributed by atoms with E-state index in [-0.39, 0.29) is 0 Å². The first-order valence-electron chi connectivity index (χ1n) is 13.0. The monoisotopic (exact) mass is 430 g/mol. The molecular weight excluding hydrogens is 392 g/mol. The molecule has 2 heterocycles. The van der Waals surface area contributed by atoms with Crippen molar-refractivity contribution in [2.75, 3.05) is 26.2 Å². The van der Waals surface area contributed by atoms with Crippen LogP contribution in [0, 0.1) is 5.41 Å². The van der Waals surface area contributed by atoms with Gasteiger partial charge >= 0.3 is 0 Å². The van der Waals surface area contributed by atoms with Crippen LogP contribution in [0.4, 0.5) is 0 Å². The van der Waals surface area contributed by atoms with Crippen LogP contribution in [-0.2, 0) is 19.4 Å². The standard InChI is InChI=1S/C29H38N2O/c1-2-5-23(6-3-1)22-30-17-13-29(14-18-30)20-24-9-10-28(19-25(24)21-29)32-27-11-15-31(16-12-27)26-7-4-8-26/h1-3,5-6,9-10,19,26-27H,4,7-8,11-18,20-22H2. The van der Waals surface area contributed by atoms with Gasteiger partial charge in [-0.2, -0.15) is 0 Å². The van der Waals surface area contributed by atoms with Crippen LogP contribution in [0.25, 0.3) is 0 Å². The Bertz CT molecular complexity index is 906. The van der Waals surface area contributed by atoms with E-state index < -0.39 is 0 Å². The molecule has 4 aliphatic rings. The second-order valence-corrected chi connectivity index (χ2v) is 11.0. The Morgan fingerprint density at radius 2 is 1.56 bits per heavy atom. The van der Waals surface area contributed by atoms with Gasteiger partial charge in [-0.15, -0.1) is 0 Å². The van der Waals surface area contributed by atoms with Crippen LogP contribution in [0.15, 0.2) is 48.5 Å². The minimum Gasteiger partial charge on any atom is -0.490 e. The Hall–Kier alpha value is -1.84. The first-order chi connectivity index (χ1) is 15.7. The lowest BCUT2D eigenvalue weighted by Crippen LogP contribution is -2.46. The topological polar surface area (TPSA) is 15.7 Å². The molecule has 3 heteroatoms. The van der Waals surface area contributed by atoms with Gasteiger partial charge in [0, 0.05) is 25.7 Å². The average molecular weight is 431 g/mol. The predicted octanol–water partition coefficient (Wildman–Crippen LogP) is 5.46. The smallest absolute Gasteiger partial charge is 0.120 e. The summed E-state index contributed by atoms with van der Waals surface area (Å²) in [6.45, 7) is 6.00. The zero-order valence-corrected chi connectivity index (χ0v) is 19.5. The van der Waals surface area contributed by atoms with Crippen LogP contribution in [0.2, 0.25) is 0 Å². The summed E-state index contributed by atoms with van der Waals surface area (Å²) in [5.74, 6) is 1.12. The number of hydrogen-bond acceptors (Lipinski definition) is 3. The van der Waals surface area contributed by atoms with Gasteiger partial charge in [-0.25, -0.2) is 0 Å². The lowest BCUT2D eigenvalue weighted by Gasteiger charge is -2.41. The Morgan fingerprint density at radius 1 is 0.812 bits per heavy atom. The second kappa shape index (κ2) is 8.83. The molecule has 1 saturated carbocycles. The van der Waals surface area contributed by atoms with Crippen LogP contribution < -0.4 is 4.74 Å². The third-order valence-electron chi connectivity index (χ3n) is 8.84. The lowest BCUT2D eigenvalue weighted by atomic mass is 9.76. The van der Waals surface area contributed by atoms with E-state index in [1.165, 1.54) is 89.5 Å². The molecule has 2 aromatic rings. The van der Waals surface area contributed by atoms with Crippen LogP contribution in [-0.4, -0.2) is 48.1 Å². The van der Waals surface area contributed by atoms with Crippen molar-refractivity contribution in [1.29, 1.82) is 0 Å². The van der Waals surface area contributed by atoms with Gasteiger partial charge in [0.05, 0.1) is 0 Å². The van der Waals surface area contributed by atoms with Crippen LogP contribution in [0.3, 0.4) is 0 Å². The highest BCUT2D eigenvalue weighted by atomic mass is 16.5. The number of rotatable bonds is 5. The maximum Gasteiger partial charge on any atom is 0.120 e. The summed E-state index contributed by atoms with van der Waals surface area (Å²) >= 11 is 0. The lowest BCUT2D eigenvalue weighted by molar-refractivity contribution is 0.0493. The molecule has 6 rings (SSSR count). The molecule has 2 aliphatic heterocycles. The average Bonchev–Trinajstić information content (AvgIpc) is 3.13. The number of ether oxygens (including phenoxy) is 1. The number of piperidine rings is 2. The van der Waals surface area contributed by atoms with E-state index in [9.17, 15) is 0 Å². The van der Waals surface area contributed by atoms with Crippen molar-refractivity contribution in [3.63, 3.8) is 0 Å². The highest BCUT2D eigenvalue weighted by molar-refractivity contribution is 5.41. The fourth-order valence-electron chi connectivity index (χ4n) is 6.57. The quantitative estimate of drug-likeness (QED) is 0.626. The Balaban J connectivity index is 1.02. The summed E-state index contributed by atoms with van der Waals surface area (Å²) in [6, 6.07) is 18.8. The zero-order valence-electron chi connectivity index (χ0n) is 19.5. The highest BCUT2D eigenvalue weighted by Gasteiger charge is 2.40. The normalized spacial score (nSPS) is 24.4. The summed E-state index contributed by atoms with van der Waals surface area (Å²) in [5, 5.41) is 0. The van der Waals surface area contributed by atoms with Gasteiger partial charge in [0.1, 0.15) is 11.9 Å². The molecule has 1 spiro atoms. The third kappa shape index (κ3) is 4.34. The van der Waals surface area contributed by atoms with Crippen molar-refractivity contribution in [2.45, 2.75) is 76.5 Å². The number of likely N-dealkylation sites (tertiary alicyclic amines) is 2.